The van der Waals surface area contributed by atoms with Gasteiger partial charge in [0.25, 0.3) is 0 Å². The van der Waals surface area contributed by atoms with Crippen LogP contribution in [-0.2, 0) is 0 Å². The Labute approximate surface area is 112 Å². The predicted molar refractivity (Wildman–Crippen MR) is 74.2 cm³/mol. The van der Waals surface area contributed by atoms with Crippen molar-refractivity contribution in [3.05, 3.63) is 0 Å². The zero-order chi connectivity index (χ0) is 13.0. The number of nitrogens with one attached hydrogen (secondary N) is 1. The van der Waals surface area contributed by atoms with Gasteiger partial charge in [-0.05, 0) is 58.5 Å². The number of likely N-dealkylation sites (tertiary alicyclic amines) is 1. The van der Waals surface area contributed by atoms with Crippen LogP contribution in [0.25, 0.3) is 0 Å². The molecule has 2 aliphatic heterocycles. The lowest BCUT2D eigenvalue weighted by Gasteiger charge is -2.24. The van der Waals surface area contributed by atoms with Crippen molar-refractivity contribution in [1.82, 2.24) is 10.2 Å². The topological polar surface area (TPSA) is 39.1 Å². The summed E-state index contributed by atoms with van der Waals surface area (Å²) in [6.45, 7) is 9.05. The van der Waals surface area contributed by atoms with Crippen LogP contribution >= 0.6 is 0 Å². The minimum absolute atomic E-state index is 0.138. The second-order valence-electron chi connectivity index (χ2n) is 6.68. The van der Waals surface area contributed by atoms with Crippen molar-refractivity contribution >= 4 is 0 Å². The Morgan fingerprint density at radius 3 is 2.89 bits per heavy atom. The van der Waals surface area contributed by atoms with E-state index in [0.717, 1.165) is 18.4 Å². The number of nitriles is 1. The molecule has 3 nitrogen and oxygen atoms in total. The largest absolute Gasteiger partial charge is 0.312 e. The maximum atomic E-state index is 8.98. The number of unbranched alkanes of at least 4 members (excludes halogenated alkanes) is 1. The van der Waals surface area contributed by atoms with Crippen LogP contribution in [0.3, 0.4) is 0 Å². The summed E-state index contributed by atoms with van der Waals surface area (Å²) in [6, 6.07) is 3.15. The summed E-state index contributed by atoms with van der Waals surface area (Å²) < 4.78 is 0. The molecule has 2 heterocycles. The highest BCUT2D eigenvalue weighted by Crippen LogP contribution is 2.26. The van der Waals surface area contributed by atoms with Gasteiger partial charge in [0.2, 0.25) is 0 Å². The van der Waals surface area contributed by atoms with E-state index in [4.69, 9.17) is 5.26 Å². The van der Waals surface area contributed by atoms with Crippen LogP contribution in [0, 0.1) is 22.7 Å². The van der Waals surface area contributed by atoms with Gasteiger partial charge in [-0.1, -0.05) is 6.42 Å². The highest BCUT2D eigenvalue weighted by atomic mass is 15.2. The molecule has 0 aromatic carbocycles. The molecule has 2 atom stereocenters. The zero-order valence-electron chi connectivity index (χ0n) is 11.9. The predicted octanol–water partition coefficient (Wildman–Crippen LogP) is 2.39. The van der Waals surface area contributed by atoms with Crippen molar-refractivity contribution in [2.75, 3.05) is 26.2 Å². The van der Waals surface area contributed by atoms with Crippen LogP contribution in [0.5, 0.6) is 0 Å². The van der Waals surface area contributed by atoms with Crippen LogP contribution in [0.1, 0.15) is 46.0 Å². The molecular weight excluding hydrogens is 222 g/mol. The molecule has 3 heteroatoms. The van der Waals surface area contributed by atoms with Gasteiger partial charge in [0, 0.05) is 19.1 Å². The SMILES string of the molecule is CC(C)(C#N)CCCCN1C[C@@H]2CCCN[C@@H]2C1. The van der Waals surface area contributed by atoms with E-state index >= 15 is 0 Å². The molecule has 0 bridgehead atoms. The van der Waals surface area contributed by atoms with Gasteiger partial charge in [-0.15, -0.1) is 0 Å². The molecule has 0 aromatic heterocycles. The molecule has 0 aliphatic carbocycles. The monoisotopic (exact) mass is 249 g/mol. The van der Waals surface area contributed by atoms with Crippen molar-refractivity contribution < 1.29 is 0 Å². The van der Waals surface area contributed by atoms with Gasteiger partial charge in [0.15, 0.2) is 0 Å². The lowest BCUT2D eigenvalue weighted by atomic mass is 9.89. The van der Waals surface area contributed by atoms with Gasteiger partial charge >= 0.3 is 0 Å². The van der Waals surface area contributed by atoms with Crippen LogP contribution in [-0.4, -0.2) is 37.1 Å². The number of fused-ring (bicyclic) bond motifs is 1. The fraction of sp³-hybridized carbons (Fsp3) is 0.933. The fourth-order valence-corrected chi connectivity index (χ4v) is 3.28. The molecule has 18 heavy (non-hydrogen) atoms. The Balaban J connectivity index is 1.62. The second-order valence-corrected chi connectivity index (χ2v) is 6.68. The molecule has 0 spiro atoms. The van der Waals surface area contributed by atoms with E-state index in [9.17, 15) is 0 Å². The molecule has 102 valence electrons. The Morgan fingerprint density at radius 2 is 2.17 bits per heavy atom. The summed E-state index contributed by atoms with van der Waals surface area (Å²) >= 11 is 0. The van der Waals surface area contributed by atoms with Crippen molar-refractivity contribution in [3.63, 3.8) is 0 Å². The van der Waals surface area contributed by atoms with E-state index < -0.39 is 0 Å². The molecule has 2 aliphatic rings. The summed E-state index contributed by atoms with van der Waals surface area (Å²) in [5.41, 5.74) is -0.138. The molecule has 0 saturated carbocycles. The molecule has 2 fully saturated rings. The number of nitrogens with zero attached hydrogens (tertiary/aromatic N) is 2. The number of hydrogen-bond acceptors (Lipinski definition) is 3. The van der Waals surface area contributed by atoms with Gasteiger partial charge in [0.05, 0.1) is 11.5 Å². The molecular formula is C15H27N3. The normalized spacial score (nSPS) is 28.9. The van der Waals surface area contributed by atoms with E-state index in [1.165, 1.54) is 51.9 Å². The first-order valence-electron chi connectivity index (χ1n) is 7.48. The van der Waals surface area contributed by atoms with E-state index in [0.29, 0.717) is 0 Å². The van der Waals surface area contributed by atoms with Crippen molar-refractivity contribution in [1.29, 1.82) is 5.26 Å². The lowest BCUT2D eigenvalue weighted by molar-refractivity contribution is 0.303. The first kappa shape index (κ1) is 13.8. The number of hydrogen-bond donors (Lipinski definition) is 1. The van der Waals surface area contributed by atoms with Crippen LogP contribution in [0.2, 0.25) is 0 Å². The first-order valence-corrected chi connectivity index (χ1v) is 7.48. The summed E-state index contributed by atoms with van der Waals surface area (Å²) in [4.78, 5) is 2.62. The zero-order valence-corrected chi connectivity index (χ0v) is 11.9. The first-order chi connectivity index (χ1) is 8.61. The van der Waals surface area contributed by atoms with Crippen LogP contribution in [0.15, 0.2) is 0 Å². The van der Waals surface area contributed by atoms with Gasteiger partial charge in [-0.25, -0.2) is 0 Å². The number of piperidine rings is 1. The smallest absolute Gasteiger partial charge is 0.0683 e. The molecule has 0 amide bonds. The molecule has 0 aromatic rings. The summed E-state index contributed by atoms with van der Waals surface area (Å²) in [7, 11) is 0. The fourth-order valence-electron chi connectivity index (χ4n) is 3.28. The number of rotatable bonds is 5. The third-order valence-electron chi connectivity index (χ3n) is 4.50. The molecule has 1 N–H and O–H groups in total. The third kappa shape index (κ3) is 3.70. The Morgan fingerprint density at radius 1 is 1.33 bits per heavy atom. The standard InChI is InChI=1S/C15H27N3/c1-15(2,12-16)7-3-4-9-18-10-13-6-5-8-17-14(13)11-18/h13-14,17H,3-11H2,1-2H3/t13-,14+/m0/s1. The Kier molecular flexibility index (Phi) is 4.64. The molecule has 0 unspecified atom stereocenters. The highest BCUT2D eigenvalue weighted by molar-refractivity contribution is 4.93. The van der Waals surface area contributed by atoms with E-state index in [1.807, 2.05) is 13.8 Å². The molecule has 0 radical (unpaired) electrons. The van der Waals surface area contributed by atoms with Gasteiger partial charge in [0.1, 0.15) is 0 Å². The minimum atomic E-state index is -0.138. The summed E-state index contributed by atoms with van der Waals surface area (Å²) in [6.07, 6.45) is 6.22. The van der Waals surface area contributed by atoms with Gasteiger partial charge in [-0.2, -0.15) is 5.26 Å². The highest BCUT2D eigenvalue weighted by Gasteiger charge is 2.33. The van der Waals surface area contributed by atoms with E-state index in [2.05, 4.69) is 16.3 Å². The maximum absolute atomic E-state index is 8.98. The average Bonchev–Trinajstić information content (AvgIpc) is 2.77. The lowest BCUT2D eigenvalue weighted by Crippen LogP contribution is -2.40. The third-order valence-corrected chi connectivity index (χ3v) is 4.50. The Hall–Kier alpha value is -0.590. The van der Waals surface area contributed by atoms with Gasteiger partial charge in [-0.3, -0.25) is 0 Å². The summed E-state index contributed by atoms with van der Waals surface area (Å²) in [5.74, 6) is 0.897. The maximum Gasteiger partial charge on any atom is 0.0683 e. The molecule has 2 saturated heterocycles. The van der Waals surface area contributed by atoms with Crippen LogP contribution in [0.4, 0.5) is 0 Å². The van der Waals surface area contributed by atoms with Crippen molar-refractivity contribution in [2.45, 2.75) is 52.0 Å². The van der Waals surface area contributed by atoms with E-state index in [-0.39, 0.29) is 5.41 Å². The van der Waals surface area contributed by atoms with Gasteiger partial charge < -0.3 is 10.2 Å². The minimum Gasteiger partial charge on any atom is -0.312 e. The van der Waals surface area contributed by atoms with Crippen LogP contribution < -0.4 is 5.32 Å². The average molecular weight is 249 g/mol. The quantitative estimate of drug-likeness (QED) is 0.760. The van der Waals surface area contributed by atoms with Crippen molar-refractivity contribution in [3.8, 4) is 6.07 Å². The Bertz CT molecular complexity index is 291. The molecule has 2 rings (SSSR count). The summed E-state index contributed by atoms with van der Waals surface area (Å²) in [5, 5.41) is 12.6. The van der Waals surface area contributed by atoms with Crippen molar-refractivity contribution in [2.24, 2.45) is 11.3 Å². The van der Waals surface area contributed by atoms with E-state index in [1.54, 1.807) is 0 Å². The second kappa shape index (κ2) is 6.04.